The van der Waals surface area contributed by atoms with Crippen LogP contribution in [0.2, 0.25) is 0 Å². The first-order valence-electron chi connectivity index (χ1n) is 12.3. The standard InChI is InChI=1S/C27H40N4O/c1-19(2)21-8-6-11-25(29-21)27(32)14-17-31(5)18-23(27)26(3,4)24-10-7-9-22(30-24)20-12-15-28-16-13-20/h6-11,19-20,23,28,32H,12-18H2,1-5H3. The molecule has 5 heteroatoms. The van der Waals surface area contributed by atoms with Gasteiger partial charge in [-0.15, -0.1) is 0 Å². The SMILES string of the molecule is CC(C)c1cccc(C2(O)CCN(C)CC2C(C)(C)c2cccc(C3CCNCC3)n2)n1. The minimum atomic E-state index is -0.979. The predicted octanol–water partition coefficient (Wildman–Crippen LogP) is 4.18. The van der Waals surface area contributed by atoms with E-state index in [1.807, 2.05) is 12.1 Å². The van der Waals surface area contributed by atoms with Crippen LogP contribution in [0.5, 0.6) is 0 Å². The molecule has 2 aliphatic heterocycles. The minimum Gasteiger partial charge on any atom is -0.383 e. The lowest BCUT2D eigenvalue weighted by Gasteiger charge is -2.50. The molecular weight excluding hydrogens is 396 g/mol. The fourth-order valence-corrected chi connectivity index (χ4v) is 5.57. The first kappa shape index (κ1) is 23.3. The summed E-state index contributed by atoms with van der Waals surface area (Å²) in [5, 5.41) is 15.7. The summed E-state index contributed by atoms with van der Waals surface area (Å²) in [6.45, 7) is 12.6. The highest BCUT2D eigenvalue weighted by Crippen LogP contribution is 2.47. The number of aliphatic hydroxyl groups is 1. The maximum absolute atomic E-state index is 12.2. The fourth-order valence-electron chi connectivity index (χ4n) is 5.57. The van der Waals surface area contributed by atoms with Crippen molar-refractivity contribution >= 4 is 0 Å². The summed E-state index contributed by atoms with van der Waals surface area (Å²) >= 11 is 0. The van der Waals surface area contributed by atoms with Gasteiger partial charge < -0.3 is 15.3 Å². The molecule has 174 valence electrons. The van der Waals surface area contributed by atoms with Gasteiger partial charge in [0.15, 0.2) is 0 Å². The van der Waals surface area contributed by atoms with Crippen molar-refractivity contribution in [1.29, 1.82) is 0 Å². The molecule has 2 unspecified atom stereocenters. The Morgan fingerprint density at radius 1 is 1.09 bits per heavy atom. The summed E-state index contributed by atoms with van der Waals surface area (Å²) < 4.78 is 0. The molecule has 0 aliphatic carbocycles. The van der Waals surface area contributed by atoms with Crippen molar-refractivity contribution < 1.29 is 5.11 Å². The second-order valence-electron chi connectivity index (χ2n) is 10.8. The Kier molecular flexibility index (Phi) is 6.71. The monoisotopic (exact) mass is 436 g/mol. The fraction of sp³-hybridized carbons (Fsp3) is 0.630. The highest BCUT2D eigenvalue weighted by atomic mass is 16.3. The van der Waals surface area contributed by atoms with Crippen LogP contribution in [-0.2, 0) is 11.0 Å². The van der Waals surface area contributed by atoms with Gasteiger partial charge in [0, 0.05) is 47.4 Å². The Balaban J connectivity index is 1.72. The Morgan fingerprint density at radius 2 is 1.81 bits per heavy atom. The van der Waals surface area contributed by atoms with E-state index in [4.69, 9.17) is 9.97 Å². The molecule has 2 N–H and O–H groups in total. The zero-order valence-corrected chi connectivity index (χ0v) is 20.4. The van der Waals surface area contributed by atoms with E-state index in [0.717, 1.165) is 56.1 Å². The van der Waals surface area contributed by atoms with Crippen LogP contribution in [0.1, 0.15) is 81.6 Å². The Morgan fingerprint density at radius 3 is 2.53 bits per heavy atom. The zero-order valence-electron chi connectivity index (χ0n) is 20.4. The quantitative estimate of drug-likeness (QED) is 0.736. The minimum absolute atomic E-state index is 0.0144. The van der Waals surface area contributed by atoms with Crippen LogP contribution in [-0.4, -0.2) is 53.2 Å². The van der Waals surface area contributed by atoms with E-state index in [0.29, 0.717) is 18.3 Å². The number of nitrogens with zero attached hydrogens (tertiary/aromatic N) is 3. The van der Waals surface area contributed by atoms with Crippen molar-refractivity contribution in [2.45, 2.75) is 69.8 Å². The summed E-state index contributed by atoms with van der Waals surface area (Å²) in [6.07, 6.45) is 2.96. The number of aromatic nitrogens is 2. The summed E-state index contributed by atoms with van der Waals surface area (Å²) in [6, 6.07) is 12.6. The summed E-state index contributed by atoms with van der Waals surface area (Å²) in [5.74, 6) is 0.836. The summed E-state index contributed by atoms with van der Waals surface area (Å²) in [7, 11) is 2.15. The van der Waals surface area contributed by atoms with Crippen LogP contribution in [0.25, 0.3) is 0 Å². The van der Waals surface area contributed by atoms with Gasteiger partial charge in [-0.05, 0) is 69.6 Å². The van der Waals surface area contributed by atoms with E-state index in [2.05, 4.69) is 69.2 Å². The third kappa shape index (κ3) is 4.48. The largest absolute Gasteiger partial charge is 0.383 e. The summed E-state index contributed by atoms with van der Waals surface area (Å²) in [5.41, 5.74) is 2.84. The molecule has 4 heterocycles. The van der Waals surface area contributed by atoms with Gasteiger partial charge in [0.2, 0.25) is 0 Å². The third-order valence-corrected chi connectivity index (χ3v) is 7.81. The molecule has 0 bridgehead atoms. The molecular formula is C27H40N4O. The molecule has 0 saturated carbocycles. The van der Waals surface area contributed by atoms with Crippen LogP contribution in [0.3, 0.4) is 0 Å². The Labute approximate surface area is 193 Å². The third-order valence-electron chi connectivity index (χ3n) is 7.81. The predicted molar refractivity (Wildman–Crippen MR) is 130 cm³/mol. The van der Waals surface area contributed by atoms with Crippen molar-refractivity contribution in [3.8, 4) is 0 Å². The number of hydrogen-bond acceptors (Lipinski definition) is 5. The lowest BCUT2D eigenvalue weighted by Crippen LogP contribution is -2.56. The van der Waals surface area contributed by atoms with Gasteiger partial charge in [0.25, 0.3) is 0 Å². The van der Waals surface area contributed by atoms with Crippen molar-refractivity contribution in [3.05, 3.63) is 59.2 Å². The topological polar surface area (TPSA) is 61.3 Å². The van der Waals surface area contributed by atoms with E-state index < -0.39 is 5.60 Å². The Bertz CT molecular complexity index is 921. The van der Waals surface area contributed by atoms with E-state index in [-0.39, 0.29) is 11.3 Å². The van der Waals surface area contributed by atoms with Crippen LogP contribution in [0, 0.1) is 5.92 Å². The lowest BCUT2D eigenvalue weighted by molar-refractivity contribution is -0.102. The number of pyridine rings is 2. The van der Waals surface area contributed by atoms with E-state index in [9.17, 15) is 5.11 Å². The molecule has 0 aromatic carbocycles. The average Bonchev–Trinajstić information content (AvgIpc) is 2.81. The number of nitrogens with one attached hydrogen (secondary N) is 1. The van der Waals surface area contributed by atoms with Gasteiger partial charge in [0.1, 0.15) is 5.60 Å². The number of rotatable bonds is 5. The van der Waals surface area contributed by atoms with Crippen LogP contribution in [0.4, 0.5) is 0 Å². The molecule has 2 aromatic rings. The van der Waals surface area contributed by atoms with Crippen LogP contribution in [0.15, 0.2) is 36.4 Å². The lowest BCUT2D eigenvalue weighted by atomic mass is 9.63. The first-order chi connectivity index (χ1) is 15.2. The van der Waals surface area contributed by atoms with Gasteiger partial charge >= 0.3 is 0 Å². The van der Waals surface area contributed by atoms with Gasteiger partial charge in [0.05, 0.1) is 5.69 Å². The molecule has 2 aromatic heterocycles. The smallest absolute Gasteiger partial charge is 0.113 e. The molecule has 2 fully saturated rings. The molecule has 2 atom stereocenters. The van der Waals surface area contributed by atoms with Gasteiger partial charge in [-0.25, -0.2) is 0 Å². The highest BCUT2D eigenvalue weighted by Gasteiger charge is 2.51. The molecule has 2 saturated heterocycles. The van der Waals surface area contributed by atoms with E-state index in [1.165, 1.54) is 5.69 Å². The van der Waals surface area contributed by atoms with Crippen LogP contribution >= 0.6 is 0 Å². The second kappa shape index (κ2) is 9.20. The van der Waals surface area contributed by atoms with Crippen molar-refractivity contribution in [2.75, 3.05) is 33.2 Å². The zero-order chi connectivity index (χ0) is 22.9. The molecule has 4 rings (SSSR count). The molecule has 0 spiro atoms. The molecule has 0 amide bonds. The van der Waals surface area contributed by atoms with Crippen molar-refractivity contribution in [1.82, 2.24) is 20.2 Å². The molecule has 2 aliphatic rings. The van der Waals surface area contributed by atoms with Crippen LogP contribution < -0.4 is 5.32 Å². The van der Waals surface area contributed by atoms with Gasteiger partial charge in [-0.2, -0.15) is 0 Å². The maximum Gasteiger partial charge on any atom is 0.113 e. The highest BCUT2D eigenvalue weighted by molar-refractivity contribution is 5.28. The van der Waals surface area contributed by atoms with Crippen molar-refractivity contribution in [2.24, 2.45) is 5.92 Å². The Hall–Kier alpha value is -1.82. The maximum atomic E-state index is 12.2. The van der Waals surface area contributed by atoms with Gasteiger partial charge in [-0.3, -0.25) is 9.97 Å². The number of piperidine rings is 2. The average molecular weight is 437 g/mol. The van der Waals surface area contributed by atoms with Crippen molar-refractivity contribution in [3.63, 3.8) is 0 Å². The first-order valence-corrected chi connectivity index (χ1v) is 12.3. The van der Waals surface area contributed by atoms with E-state index >= 15 is 0 Å². The van der Waals surface area contributed by atoms with Gasteiger partial charge in [-0.1, -0.05) is 39.8 Å². The second-order valence-corrected chi connectivity index (χ2v) is 10.8. The molecule has 5 nitrogen and oxygen atoms in total. The molecule has 0 radical (unpaired) electrons. The summed E-state index contributed by atoms with van der Waals surface area (Å²) in [4.78, 5) is 12.5. The number of likely N-dealkylation sites (tertiary alicyclic amines) is 1. The van der Waals surface area contributed by atoms with E-state index in [1.54, 1.807) is 0 Å². The number of hydrogen-bond donors (Lipinski definition) is 2. The normalized spacial score (nSPS) is 25.9. The molecule has 32 heavy (non-hydrogen) atoms.